The minimum atomic E-state index is -3.48. The number of hydrogen-bond donors (Lipinski definition) is 1. The van der Waals surface area contributed by atoms with Crippen molar-refractivity contribution in [3.05, 3.63) is 35.5 Å². The van der Waals surface area contributed by atoms with Gasteiger partial charge in [0.15, 0.2) is 0 Å². The van der Waals surface area contributed by atoms with Gasteiger partial charge in [0, 0.05) is 47.9 Å². The smallest absolute Gasteiger partial charge is 0.264 e. The fourth-order valence-electron chi connectivity index (χ4n) is 4.62. The zero-order valence-electron chi connectivity index (χ0n) is 15.1. The molecular formula is C19H24N2O4S. The van der Waals surface area contributed by atoms with Gasteiger partial charge in [-0.05, 0) is 30.0 Å². The minimum Gasteiger partial charge on any atom is -0.361 e. The highest BCUT2D eigenvalue weighted by Crippen LogP contribution is 2.45. The van der Waals surface area contributed by atoms with E-state index in [0.29, 0.717) is 13.0 Å². The molecular weight excluding hydrogens is 352 g/mol. The summed E-state index contributed by atoms with van der Waals surface area (Å²) in [5.74, 6) is 0.340. The third-order valence-corrected chi connectivity index (χ3v) is 6.26. The normalized spacial score (nSPS) is 25.3. The Morgan fingerprint density at radius 3 is 2.92 bits per heavy atom. The number of fused-ring (bicyclic) bond motifs is 2. The van der Waals surface area contributed by atoms with Gasteiger partial charge in [0.1, 0.15) is 0 Å². The molecule has 0 radical (unpaired) electrons. The second kappa shape index (κ2) is 6.39. The molecule has 2 aliphatic rings. The summed E-state index contributed by atoms with van der Waals surface area (Å²) in [6.45, 7) is 2.56. The summed E-state index contributed by atoms with van der Waals surface area (Å²) in [5.41, 5.74) is 3.64. The monoisotopic (exact) mass is 376 g/mol. The molecule has 6 nitrogen and oxygen atoms in total. The highest BCUT2D eigenvalue weighted by Gasteiger charge is 2.42. The van der Waals surface area contributed by atoms with Gasteiger partial charge in [0.05, 0.1) is 12.9 Å². The predicted molar refractivity (Wildman–Crippen MR) is 99.4 cm³/mol. The quantitative estimate of drug-likeness (QED) is 0.831. The summed E-state index contributed by atoms with van der Waals surface area (Å²) in [6.07, 6.45) is 5.25. The van der Waals surface area contributed by atoms with Gasteiger partial charge in [-0.3, -0.25) is 8.98 Å². The molecule has 4 rings (SSSR count). The average molecular weight is 376 g/mol. The maximum absolute atomic E-state index is 12.6. The van der Waals surface area contributed by atoms with Crippen molar-refractivity contribution in [2.45, 2.75) is 38.1 Å². The molecule has 2 aromatic rings. The highest BCUT2D eigenvalue weighted by atomic mass is 32.2. The summed E-state index contributed by atoms with van der Waals surface area (Å²) in [6, 6.07) is 6.39. The Bertz CT molecular complexity index is 950. The van der Waals surface area contributed by atoms with Crippen molar-refractivity contribution in [1.82, 2.24) is 9.88 Å². The number of benzene rings is 1. The summed E-state index contributed by atoms with van der Waals surface area (Å²) < 4.78 is 27.9. The van der Waals surface area contributed by atoms with Gasteiger partial charge in [-0.1, -0.05) is 19.1 Å². The summed E-state index contributed by atoms with van der Waals surface area (Å²) in [5, 5.41) is 1.27. The maximum atomic E-state index is 12.6. The Morgan fingerprint density at radius 1 is 1.38 bits per heavy atom. The van der Waals surface area contributed by atoms with E-state index in [9.17, 15) is 13.2 Å². The van der Waals surface area contributed by atoms with Gasteiger partial charge in [0.25, 0.3) is 10.1 Å². The zero-order chi connectivity index (χ0) is 18.5. The fraction of sp³-hybridized carbons (Fsp3) is 0.526. The number of piperidine rings is 1. The number of nitrogens with one attached hydrogen (secondary N) is 1. The molecule has 3 atom stereocenters. The molecule has 140 valence electrons. The zero-order valence-corrected chi connectivity index (χ0v) is 15.9. The topological polar surface area (TPSA) is 79.5 Å². The molecule has 2 heterocycles. The molecule has 1 aromatic heterocycles. The van der Waals surface area contributed by atoms with Crippen molar-refractivity contribution in [3.8, 4) is 0 Å². The molecule has 0 bridgehead atoms. The SMILES string of the molecule is CCC(=O)N1CC(COS(C)(=O)=O)C[C@H]2c3cccc4[nH]cc(c34)C[C@@H]21. The largest absolute Gasteiger partial charge is 0.361 e. The van der Waals surface area contributed by atoms with E-state index >= 15 is 0 Å². The van der Waals surface area contributed by atoms with Crippen molar-refractivity contribution in [2.24, 2.45) is 5.92 Å². The van der Waals surface area contributed by atoms with E-state index in [2.05, 4.69) is 23.3 Å². The summed E-state index contributed by atoms with van der Waals surface area (Å²) in [4.78, 5) is 17.9. The van der Waals surface area contributed by atoms with E-state index in [1.165, 1.54) is 16.5 Å². The third-order valence-electron chi connectivity index (χ3n) is 5.70. The summed E-state index contributed by atoms with van der Waals surface area (Å²) in [7, 11) is -3.48. The van der Waals surface area contributed by atoms with Gasteiger partial charge in [-0.15, -0.1) is 0 Å². The number of likely N-dealkylation sites (tertiary alicyclic amines) is 1. The molecule has 1 aliphatic heterocycles. The van der Waals surface area contributed by atoms with E-state index in [1.54, 1.807) is 0 Å². The maximum Gasteiger partial charge on any atom is 0.264 e. The van der Waals surface area contributed by atoms with E-state index in [1.807, 2.05) is 17.9 Å². The van der Waals surface area contributed by atoms with Crippen LogP contribution in [-0.4, -0.2) is 49.7 Å². The first-order chi connectivity index (χ1) is 12.4. The van der Waals surface area contributed by atoms with Crippen LogP contribution in [0.5, 0.6) is 0 Å². The van der Waals surface area contributed by atoms with Crippen molar-refractivity contribution in [1.29, 1.82) is 0 Å². The predicted octanol–water partition coefficient (Wildman–Crippen LogP) is 2.41. The first-order valence-electron chi connectivity index (χ1n) is 9.10. The second-order valence-corrected chi connectivity index (χ2v) is 9.10. The van der Waals surface area contributed by atoms with E-state index in [0.717, 1.165) is 24.6 Å². The van der Waals surface area contributed by atoms with E-state index < -0.39 is 10.1 Å². The van der Waals surface area contributed by atoms with Crippen LogP contribution < -0.4 is 0 Å². The van der Waals surface area contributed by atoms with Crippen LogP contribution in [0.2, 0.25) is 0 Å². The molecule has 1 aromatic carbocycles. The number of hydrogen-bond acceptors (Lipinski definition) is 4. The molecule has 26 heavy (non-hydrogen) atoms. The lowest BCUT2D eigenvalue weighted by atomic mass is 9.72. The molecule has 1 N–H and O–H groups in total. The number of carbonyl (C=O) groups excluding carboxylic acids is 1. The Morgan fingerprint density at radius 2 is 2.19 bits per heavy atom. The van der Waals surface area contributed by atoms with Crippen LogP contribution in [0, 0.1) is 5.92 Å². The number of nitrogens with zero attached hydrogens (tertiary/aromatic N) is 1. The standard InChI is InChI=1S/C19H24N2O4S/c1-3-18(22)21-10-12(11-25-26(2,23)24)7-15-14-5-4-6-16-19(14)13(9-20-16)8-17(15)21/h4-6,9,12,15,17,20H,3,7-8,10-11H2,1-2H3/t12?,15-,17-/m0/s1. The van der Waals surface area contributed by atoms with E-state index in [4.69, 9.17) is 4.18 Å². The van der Waals surface area contributed by atoms with Crippen LogP contribution in [-0.2, 0) is 25.5 Å². The average Bonchev–Trinajstić information content (AvgIpc) is 3.03. The third kappa shape index (κ3) is 3.03. The Balaban J connectivity index is 1.71. The molecule has 7 heteroatoms. The van der Waals surface area contributed by atoms with Crippen LogP contribution in [0.3, 0.4) is 0 Å². The van der Waals surface area contributed by atoms with Gasteiger partial charge in [-0.2, -0.15) is 8.42 Å². The second-order valence-electron chi connectivity index (χ2n) is 7.45. The first kappa shape index (κ1) is 17.5. The van der Waals surface area contributed by atoms with Crippen LogP contribution in [0.4, 0.5) is 0 Å². The van der Waals surface area contributed by atoms with Crippen LogP contribution in [0.25, 0.3) is 10.9 Å². The van der Waals surface area contributed by atoms with Crippen LogP contribution in [0.15, 0.2) is 24.4 Å². The Labute approximate surface area is 153 Å². The molecule has 1 aliphatic carbocycles. The molecule has 1 amide bonds. The van der Waals surface area contributed by atoms with Crippen molar-refractivity contribution < 1.29 is 17.4 Å². The number of aromatic amines is 1. The van der Waals surface area contributed by atoms with E-state index in [-0.39, 0.29) is 30.4 Å². The van der Waals surface area contributed by atoms with Gasteiger partial charge in [-0.25, -0.2) is 0 Å². The highest BCUT2D eigenvalue weighted by molar-refractivity contribution is 7.85. The van der Waals surface area contributed by atoms with Crippen molar-refractivity contribution in [2.75, 3.05) is 19.4 Å². The van der Waals surface area contributed by atoms with Gasteiger partial charge in [0.2, 0.25) is 5.91 Å². The van der Waals surface area contributed by atoms with Gasteiger partial charge < -0.3 is 9.88 Å². The number of carbonyl (C=O) groups is 1. The Kier molecular flexibility index (Phi) is 4.31. The molecule has 1 saturated heterocycles. The minimum absolute atomic E-state index is 0.0113. The molecule has 0 spiro atoms. The number of H-pyrrole nitrogens is 1. The number of amides is 1. The van der Waals surface area contributed by atoms with Gasteiger partial charge >= 0.3 is 0 Å². The van der Waals surface area contributed by atoms with Crippen molar-refractivity contribution >= 4 is 26.9 Å². The van der Waals surface area contributed by atoms with Crippen LogP contribution >= 0.6 is 0 Å². The lowest BCUT2D eigenvalue weighted by Crippen LogP contribution is -2.53. The molecule has 0 saturated carbocycles. The lowest BCUT2D eigenvalue weighted by Gasteiger charge is -2.47. The van der Waals surface area contributed by atoms with Crippen LogP contribution in [0.1, 0.15) is 36.8 Å². The molecule has 1 unspecified atom stereocenters. The molecule has 1 fully saturated rings. The summed E-state index contributed by atoms with van der Waals surface area (Å²) >= 11 is 0. The first-order valence-corrected chi connectivity index (χ1v) is 10.9. The number of aromatic nitrogens is 1. The fourth-order valence-corrected chi connectivity index (χ4v) is 5.06. The lowest BCUT2D eigenvalue weighted by molar-refractivity contribution is -0.136. The Hall–Kier alpha value is -1.86. The number of rotatable bonds is 4. The van der Waals surface area contributed by atoms with Crippen molar-refractivity contribution in [3.63, 3.8) is 0 Å².